The summed E-state index contributed by atoms with van der Waals surface area (Å²) in [5.41, 5.74) is 1.66. The fourth-order valence-electron chi connectivity index (χ4n) is 4.31. The van der Waals surface area contributed by atoms with Crippen LogP contribution in [0.15, 0.2) is 91.0 Å². The van der Waals surface area contributed by atoms with Gasteiger partial charge in [-0.1, -0.05) is 91.0 Å². The molecular formula is C36H43N3O9. The van der Waals surface area contributed by atoms with Crippen LogP contribution in [0.5, 0.6) is 0 Å². The fourth-order valence-corrected chi connectivity index (χ4v) is 4.31. The Labute approximate surface area is 280 Å². The number of esters is 2. The van der Waals surface area contributed by atoms with Crippen LogP contribution in [0.1, 0.15) is 43.9 Å². The maximum atomic E-state index is 12.9. The average Bonchev–Trinajstić information content (AvgIpc) is 3.05. The molecule has 0 unspecified atom stereocenters. The third kappa shape index (κ3) is 15.4. The monoisotopic (exact) mass is 661 g/mol. The highest BCUT2D eigenvalue weighted by atomic mass is 16.6. The third-order valence-corrected chi connectivity index (χ3v) is 6.49. The van der Waals surface area contributed by atoms with Crippen molar-refractivity contribution >= 4 is 29.8 Å². The van der Waals surface area contributed by atoms with E-state index in [0.29, 0.717) is 0 Å². The molecule has 0 fully saturated rings. The summed E-state index contributed by atoms with van der Waals surface area (Å²) >= 11 is 0. The van der Waals surface area contributed by atoms with Crippen LogP contribution in [0, 0.1) is 0 Å². The molecule has 0 saturated heterocycles. The Bertz CT molecular complexity index is 1460. The van der Waals surface area contributed by atoms with Gasteiger partial charge < -0.3 is 34.9 Å². The van der Waals surface area contributed by atoms with Crippen molar-refractivity contribution in [3.8, 4) is 0 Å². The van der Waals surface area contributed by atoms with Crippen molar-refractivity contribution in [3.05, 3.63) is 108 Å². The summed E-state index contributed by atoms with van der Waals surface area (Å²) in [4.78, 5) is 63.0. The number of hydrogen-bond donors (Lipinski definition) is 3. The first-order chi connectivity index (χ1) is 23.0. The largest absolute Gasteiger partial charge is 0.460 e. The molecule has 3 aromatic rings. The highest BCUT2D eigenvalue weighted by molar-refractivity contribution is 5.88. The maximum Gasteiger partial charge on any atom is 0.407 e. The van der Waals surface area contributed by atoms with E-state index in [1.807, 2.05) is 78.9 Å². The van der Waals surface area contributed by atoms with Crippen molar-refractivity contribution in [1.82, 2.24) is 16.0 Å². The molecule has 2 atom stereocenters. The Hall–Kier alpha value is -5.23. The molecule has 3 amide bonds. The minimum atomic E-state index is -0.988. The Morgan fingerprint density at radius 3 is 1.79 bits per heavy atom. The molecule has 0 aromatic heterocycles. The summed E-state index contributed by atoms with van der Waals surface area (Å²) in [7, 11) is 0. The molecule has 0 radical (unpaired) electrons. The molecule has 256 valence electrons. The summed E-state index contributed by atoms with van der Waals surface area (Å²) in [6.45, 7) is 4.11. The van der Waals surface area contributed by atoms with Gasteiger partial charge in [0.25, 0.3) is 0 Å². The van der Waals surface area contributed by atoms with E-state index in [1.165, 1.54) is 0 Å². The zero-order valence-corrected chi connectivity index (χ0v) is 27.4. The van der Waals surface area contributed by atoms with Gasteiger partial charge in [0.2, 0.25) is 11.8 Å². The average molecular weight is 662 g/mol. The molecule has 12 nitrogen and oxygen atoms in total. The molecule has 0 aliphatic heterocycles. The number of benzene rings is 3. The highest BCUT2D eigenvalue weighted by Crippen LogP contribution is 2.11. The normalized spacial score (nSPS) is 12.1. The van der Waals surface area contributed by atoms with Gasteiger partial charge in [-0.3, -0.25) is 14.4 Å². The third-order valence-electron chi connectivity index (χ3n) is 6.49. The van der Waals surface area contributed by atoms with Gasteiger partial charge in [0.15, 0.2) is 0 Å². The van der Waals surface area contributed by atoms with E-state index in [1.54, 1.807) is 32.9 Å². The SMILES string of the molecule is CC(C)(C)OC(=O)C[C@@H](COCC(=O)NCC(=O)N[C@@H](Cc1ccccc1)C(=O)OCc1ccccc1)NC(=O)OCc1ccccc1. The molecule has 0 aliphatic carbocycles. The molecule has 0 aliphatic rings. The van der Waals surface area contributed by atoms with Crippen molar-refractivity contribution in [2.24, 2.45) is 0 Å². The zero-order chi connectivity index (χ0) is 34.8. The van der Waals surface area contributed by atoms with Gasteiger partial charge >= 0.3 is 18.0 Å². The molecule has 3 N–H and O–H groups in total. The topological polar surface area (TPSA) is 158 Å². The molecule has 3 aromatic carbocycles. The van der Waals surface area contributed by atoms with Crippen molar-refractivity contribution < 1.29 is 42.9 Å². The standard InChI is InChI=1S/C36H43N3O9/c1-36(2,3)48-33(42)20-29(38-35(44)47-23-28-17-11-6-12-18-28)24-45-25-32(41)37-21-31(40)39-30(19-26-13-7-4-8-14-26)34(43)46-22-27-15-9-5-10-16-27/h4-18,29-30H,19-25H2,1-3H3,(H,37,41)(H,38,44)(H,39,40)/t29-,30-/m0/s1. The van der Waals surface area contributed by atoms with E-state index in [4.69, 9.17) is 18.9 Å². The van der Waals surface area contributed by atoms with Crippen LogP contribution in [-0.4, -0.2) is 67.3 Å². The van der Waals surface area contributed by atoms with Crippen molar-refractivity contribution in [2.45, 2.75) is 64.5 Å². The highest BCUT2D eigenvalue weighted by Gasteiger charge is 2.25. The second-order valence-corrected chi connectivity index (χ2v) is 11.9. The summed E-state index contributed by atoms with van der Waals surface area (Å²) in [6.07, 6.45) is -0.813. The van der Waals surface area contributed by atoms with Crippen LogP contribution in [-0.2, 0) is 57.8 Å². The molecule has 0 heterocycles. The molecular weight excluding hydrogens is 618 g/mol. The summed E-state index contributed by atoms with van der Waals surface area (Å²) in [5, 5.41) is 7.65. The van der Waals surface area contributed by atoms with Gasteiger partial charge in [0, 0.05) is 6.42 Å². The molecule has 12 heteroatoms. The number of hydrogen-bond acceptors (Lipinski definition) is 9. The first-order valence-corrected chi connectivity index (χ1v) is 15.5. The van der Waals surface area contributed by atoms with Crippen LogP contribution in [0.4, 0.5) is 4.79 Å². The van der Waals surface area contributed by atoms with Crippen LogP contribution in [0.3, 0.4) is 0 Å². The van der Waals surface area contributed by atoms with Gasteiger partial charge in [-0.2, -0.15) is 0 Å². The summed E-state index contributed by atoms with van der Waals surface area (Å²) < 4.78 is 21.5. The lowest BCUT2D eigenvalue weighted by molar-refractivity contribution is -0.155. The number of carbonyl (C=O) groups excluding carboxylic acids is 5. The number of alkyl carbamates (subject to hydrolysis) is 1. The predicted octanol–water partition coefficient (Wildman–Crippen LogP) is 3.62. The lowest BCUT2D eigenvalue weighted by Gasteiger charge is -2.23. The molecule has 3 rings (SSSR count). The maximum absolute atomic E-state index is 12.9. The Morgan fingerprint density at radius 2 is 1.23 bits per heavy atom. The van der Waals surface area contributed by atoms with Gasteiger partial charge in [0.05, 0.1) is 25.6 Å². The van der Waals surface area contributed by atoms with Crippen LogP contribution in [0.2, 0.25) is 0 Å². The first kappa shape index (κ1) is 37.2. The van der Waals surface area contributed by atoms with Crippen LogP contribution >= 0.6 is 0 Å². The smallest absolute Gasteiger partial charge is 0.407 e. The minimum absolute atomic E-state index is 0.0219. The second kappa shape index (κ2) is 19.4. The lowest BCUT2D eigenvalue weighted by Crippen LogP contribution is -2.47. The van der Waals surface area contributed by atoms with Crippen molar-refractivity contribution in [2.75, 3.05) is 19.8 Å². The van der Waals surface area contributed by atoms with Crippen LogP contribution < -0.4 is 16.0 Å². The van der Waals surface area contributed by atoms with Gasteiger partial charge in [-0.05, 0) is 37.5 Å². The number of ether oxygens (including phenoxy) is 4. The van der Waals surface area contributed by atoms with Gasteiger partial charge in [0.1, 0.15) is 31.5 Å². The molecule has 0 saturated carbocycles. The lowest BCUT2D eigenvalue weighted by atomic mass is 10.1. The van der Waals surface area contributed by atoms with E-state index >= 15 is 0 Å². The van der Waals surface area contributed by atoms with E-state index in [-0.39, 0.29) is 32.7 Å². The quantitative estimate of drug-likeness (QED) is 0.145. The van der Waals surface area contributed by atoms with E-state index in [0.717, 1.165) is 16.7 Å². The Kier molecular flexibility index (Phi) is 15.1. The number of nitrogens with one attached hydrogen (secondary N) is 3. The molecule has 48 heavy (non-hydrogen) atoms. The number of carbonyl (C=O) groups is 5. The zero-order valence-electron chi connectivity index (χ0n) is 27.4. The van der Waals surface area contributed by atoms with Gasteiger partial charge in [-0.15, -0.1) is 0 Å². The predicted molar refractivity (Wildman–Crippen MR) is 176 cm³/mol. The van der Waals surface area contributed by atoms with Crippen LogP contribution in [0.25, 0.3) is 0 Å². The summed E-state index contributed by atoms with van der Waals surface area (Å²) in [6, 6.07) is 25.5. The Balaban J connectivity index is 1.48. The number of rotatable bonds is 17. The van der Waals surface area contributed by atoms with E-state index in [9.17, 15) is 24.0 Å². The first-order valence-electron chi connectivity index (χ1n) is 15.5. The molecule has 0 bridgehead atoms. The van der Waals surface area contributed by atoms with E-state index in [2.05, 4.69) is 16.0 Å². The summed E-state index contributed by atoms with van der Waals surface area (Å²) in [5.74, 6) is -2.42. The molecule has 0 spiro atoms. The minimum Gasteiger partial charge on any atom is -0.460 e. The Morgan fingerprint density at radius 1 is 0.688 bits per heavy atom. The van der Waals surface area contributed by atoms with Crippen molar-refractivity contribution in [3.63, 3.8) is 0 Å². The van der Waals surface area contributed by atoms with Crippen molar-refractivity contribution in [1.29, 1.82) is 0 Å². The van der Waals surface area contributed by atoms with Gasteiger partial charge in [-0.25, -0.2) is 9.59 Å². The second-order valence-electron chi connectivity index (χ2n) is 11.9. The fraction of sp³-hybridized carbons (Fsp3) is 0.361. The number of amides is 3. The van der Waals surface area contributed by atoms with E-state index < -0.39 is 60.7 Å².